The van der Waals surface area contributed by atoms with Crippen LogP contribution in [0, 0.1) is 0 Å². The van der Waals surface area contributed by atoms with Crippen LogP contribution in [-0.2, 0) is 10.1 Å². The fraction of sp³-hybridized carbons (Fsp3) is 1.00. The quantitative estimate of drug-likeness (QED) is 0.442. The fourth-order valence-corrected chi connectivity index (χ4v) is 0. The number of rotatable bonds is 0. The predicted octanol–water partition coefficient (Wildman–Crippen LogP) is -3.38. The van der Waals surface area contributed by atoms with Crippen LogP contribution in [0.2, 0.25) is 0 Å². The molecule has 0 atom stereocenters. The first-order valence-electron chi connectivity index (χ1n) is 0.924. The first kappa shape index (κ1) is 10.9. The molecule has 0 saturated carbocycles. The SMILES string of the molecule is CS(=O)(=O)O.[Cs+].[H-]. The maximum atomic E-state index is 9.19. The van der Waals surface area contributed by atoms with Gasteiger partial charge in [0.1, 0.15) is 0 Å². The molecule has 1 N–H and O–H groups in total. The maximum Gasteiger partial charge on any atom is 1.00 e. The Morgan fingerprint density at radius 3 is 1.67 bits per heavy atom. The molecule has 0 spiro atoms. The third kappa shape index (κ3) is 38.1. The summed E-state index contributed by atoms with van der Waals surface area (Å²) in [7, 11) is -3.67. The Hall–Kier alpha value is 1.96. The molecule has 0 rings (SSSR count). The van der Waals surface area contributed by atoms with Crippen molar-refractivity contribution < 1.29 is 83.3 Å². The molecular weight excluding hydrogens is 225 g/mol. The second-order valence-electron chi connectivity index (χ2n) is 0.733. The number of hydrogen-bond acceptors (Lipinski definition) is 2. The van der Waals surface area contributed by atoms with Crippen molar-refractivity contribution in [3.8, 4) is 0 Å². The normalized spacial score (nSPS) is 9.67. The Labute approximate surface area is 97.2 Å². The first-order valence-corrected chi connectivity index (χ1v) is 2.77. The van der Waals surface area contributed by atoms with E-state index in [9.17, 15) is 8.42 Å². The van der Waals surface area contributed by atoms with Crippen LogP contribution in [-0.4, -0.2) is 19.2 Å². The van der Waals surface area contributed by atoms with Gasteiger partial charge in [0.2, 0.25) is 0 Å². The average Bonchev–Trinajstić information content (AvgIpc) is 0.722. The Balaban J connectivity index is -0.0000000800. The van der Waals surface area contributed by atoms with Crippen LogP contribution < -0.4 is 68.9 Å². The molecule has 0 aromatic carbocycles. The van der Waals surface area contributed by atoms with E-state index < -0.39 is 10.1 Å². The molecule has 0 aliphatic carbocycles. The van der Waals surface area contributed by atoms with Crippen molar-refractivity contribution in [2.75, 3.05) is 6.26 Å². The molecule has 0 aliphatic rings. The van der Waals surface area contributed by atoms with Gasteiger partial charge in [-0.05, 0) is 0 Å². The monoisotopic (exact) mass is 230 g/mol. The van der Waals surface area contributed by atoms with Gasteiger partial charge in [-0.25, -0.2) is 0 Å². The van der Waals surface area contributed by atoms with Crippen LogP contribution in [0.4, 0.5) is 0 Å². The minimum absolute atomic E-state index is 0. The Kier molecular flexibility index (Phi) is 7.06. The smallest absolute Gasteiger partial charge is 1.00 e. The van der Waals surface area contributed by atoms with E-state index in [1.54, 1.807) is 0 Å². The van der Waals surface area contributed by atoms with Gasteiger partial charge in [0.25, 0.3) is 10.1 Å². The molecule has 0 aromatic heterocycles. The summed E-state index contributed by atoms with van der Waals surface area (Å²) in [5, 5.41) is 0. The zero-order chi connectivity index (χ0) is 4.50. The van der Waals surface area contributed by atoms with E-state index in [-0.39, 0.29) is 70.3 Å². The largest absolute Gasteiger partial charge is 1.00 e. The molecule has 0 heterocycles. The van der Waals surface area contributed by atoms with Crippen molar-refractivity contribution in [3.63, 3.8) is 0 Å². The zero-order valence-corrected chi connectivity index (χ0v) is 10.8. The Morgan fingerprint density at radius 1 is 1.67 bits per heavy atom. The summed E-state index contributed by atoms with van der Waals surface area (Å²) in [6, 6.07) is 0. The van der Waals surface area contributed by atoms with Gasteiger partial charge in [0.15, 0.2) is 0 Å². The van der Waals surface area contributed by atoms with Gasteiger partial charge in [-0.3, -0.25) is 4.55 Å². The summed E-state index contributed by atoms with van der Waals surface area (Å²) in [6.07, 6.45) is 0.715. The zero-order valence-electron chi connectivity index (χ0n) is 4.67. The van der Waals surface area contributed by atoms with E-state index in [1.165, 1.54) is 0 Å². The van der Waals surface area contributed by atoms with E-state index >= 15 is 0 Å². The second-order valence-corrected chi connectivity index (χ2v) is 2.20. The summed E-state index contributed by atoms with van der Waals surface area (Å²) in [5.74, 6) is 0. The standard InChI is InChI=1S/CH4O3S.Cs.H/c1-5(2,3)4;;/h1H3,(H,2,3,4);;/q;+1;-1. The van der Waals surface area contributed by atoms with Gasteiger partial charge >= 0.3 is 68.9 Å². The van der Waals surface area contributed by atoms with Gasteiger partial charge in [-0.2, -0.15) is 8.42 Å². The predicted molar refractivity (Wildman–Crippen MR) is 18.6 cm³/mol. The van der Waals surface area contributed by atoms with Gasteiger partial charge in [-0.15, -0.1) is 0 Å². The van der Waals surface area contributed by atoms with Gasteiger partial charge < -0.3 is 1.43 Å². The third-order valence-electron chi connectivity index (χ3n) is 0. The van der Waals surface area contributed by atoms with Crippen LogP contribution in [0.25, 0.3) is 0 Å². The van der Waals surface area contributed by atoms with Crippen molar-refractivity contribution in [2.45, 2.75) is 0 Å². The van der Waals surface area contributed by atoms with Gasteiger partial charge in [0, 0.05) is 0 Å². The van der Waals surface area contributed by atoms with E-state index in [4.69, 9.17) is 4.55 Å². The summed E-state index contributed by atoms with van der Waals surface area (Å²) in [5.41, 5.74) is 0. The van der Waals surface area contributed by atoms with Crippen LogP contribution in [0.5, 0.6) is 0 Å². The molecular formula is CH5CsO3S. The van der Waals surface area contributed by atoms with Crippen LogP contribution in [0.15, 0.2) is 0 Å². The van der Waals surface area contributed by atoms with Crippen LogP contribution in [0.3, 0.4) is 0 Å². The van der Waals surface area contributed by atoms with Crippen molar-refractivity contribution in [1.29, 1.82) is 0 Å². The summed E-state index contributed by atoms with van der Waals surface area (Å²) < 4.78 is 25.9. The molecule has 0 saturated heterocycles. The molecule has 3 nitrogen and oxygen atoms in total. The Bertz CT molecular complexity index is 98.1. The van der Waals surface area contributed by atoms with Crippen molar-refractivity contribution in [2.24, 2.45) is 0 Å². The van der Waals surface area contributed by atoms with E-state index in [0.717, 1.165) is 0 Å². The topological polar surface area (TPSA) is 54.4 Å². The maximum absolute atomic E-state index is 9.19. The van der Waals surface area contributed by atoms with Gasteiger partial charge in [0.05, 0.1) is 6.26 Å². The first-order chi connectivity index (χ1) is 2.00. The van der Waals surface area contributed by atoms with E-state index in [2.05, 4.69) is 0 Å². The van der Waals surface area contributed by atoms with Gasteiger partial charge in [-0.1, -0.05) is 0 Å². The van der Waals surface area contributed by atoms with Crippen molar-refractivity contribution >= 4 is 10.1 Å². The minimum Gasteiger partial charge on any atom is -1.00 e. The molecule has 0 radical (unpaired) electrons. The summed E-state index contributed by atoms with van der Waals surface area (Å²) in [4.78, 5) is 0. The molecule has 0 aromatic rings. The molecule has 0 unspecified atom stereocenters. The second kappa shape index (κ2) is 3.90. The molecule has 34 valence electrons. The molecule has 6 heavy (non-hydrogen) atoms. The van der Waals surface area contributed by atoms with Crippen LogP contribution >= 0.6 is 0 Å². The van der Waals surface area contributed by atoms with Crippen molar-refractivity contribution in [3.05, 3.63) is 0 Å². The molecule has 0 bridgehead atoms. The minimum atomic E-state index is -3.67. The van der Waals surface area contributed by atoms with Crippen LogP contribution in [0.1, 0.15) is 1.43 Å². The molecule has 0 aliphatic heterocycles. The molecule has 0 amide bonds. The number of hydrogen-bond donors (Lipinski definition) is 1. The van der Waals surface area contributed by atoms with E-state index in [1.807, 2.05) is 0 Å². The molecule has 5 heteroatoms. The summed E-state index contributed by atoms with van der Waals surface area (Å²) >= 11 is 0. The Morgan fingerprint density at radius 2 is 1.67 bits per heavy atom. The van der Waals surface area contributed by atoms with Crippen molar-refractivity contribution in [1.82, 2.24) is 0 Å². The average molecular weight is 230 g/mol. The fourth-order valence-electron chi connectivity index (χ4n) is 0. The third-order valence-corrected chi connectivity index (χ3v) is 0. The molecule has 0 fully saturated rings. The van der Waals surface area contributed by atoms with E-state index in [0.29, 0.717) is 6.26 Å². The summed E-state index contributed by atoms with van der Waals surface area (Å²) in [6.45, 7) is 0.